The van der Waals surface area contributed by atoms with E-state index in [1.54, 1.807) is 18.2 Å². The smallest absolute Gasteiger partial charge is 0.337 e. The molecule has 0 saturated carbocycles. The van der Waals surface area contributed by atoms with E-state index in [0.717, 1.165) is 5.39 Å². The predicted octanol–water partition coefficient (Wildman–Crippen LogP) is 3.65. The number of rotatable bonds is 4. The first-order valence-corrected chi connectivity index (χ1v) is 8.21. The zero-order chi connectivity index (χ0) is 19.6. The number of ether oxygens (including phenoxy) is 2. The van der Waals surface area contributed by atoms with Crippen LogP contribution in [0.15, 0.2) is 42.5 Å². The third-order valence-corrected chi connectivity index (χ3v) is 4.20. The van der Waals surface area contributed by atoms with Gasteiger partial charge in [0, 0.05) is 11.1 Å². The Kier molecular flexibility index (Phi) is 5.14. The van der Waals surface area contributed by atoms with Crippen LogP contribution in [0.25, 0.3) is 10.9 Å². The number of amides is 1. The van der Waals surface area contributed by atoms with Gasteiger partial charge in [0.05, 0.1) is 35.9 Å². The molecule has 3 aromatic rings. The first-order valence-electron chi connectivity index (χ1n) is 7.83. The van der Waals surface area contributed by atoms with E-state index in [1.807, 2.05) is 6.07 Å². The van der Waals surface area contributed by atoms with Crippen LogP contribution in [0.1, 0.15) is 31.2 Å². The average molecular weight is 387 g/mol. The molecular weight excluding hydrogens is 372 g/mol. The van der Waals surface area contributed by atoms with Gasteiger partial charge in [-0.1, -0.05) is 23.7 Å². The fourth-order valence-corrected chi connectivity index (χ4v) is 2.84. The molecule has 3 rings (SSSR count). The quantitative estimate of drug-likeness (QED) is 0.667. The third-order valence-electron chi connectivity index (χ3n) is 3.88. The number of aromatic nitrogens is 1. The molecule has 2 N–H and O–H groups in total. The highest BCUT2D eigenvalue weighted by Crippen LogP contribution is 2.24. The number of hydrogen-bond acceptors (Lipinski definition) is 5. The molecule has 0 aliphatic carbocycles. The Hall–Kier alpha value is -3.32. The molecule has 0 aliphatic heterocycles. The second kappa shape index (κ2) is 7.51. The van der Waals surface area contributed by atoms with Crippen LogP contribution >= 0.6 is 11.6 Å². The summed E-state index contributed by atoms with van der Waals surface area (Å²) in [6.45, 7) is 0. The Morgan fingerprint density at radius 1 is 0.963 bits per heavy atom. The van der Waals surface area contributed by atoms with E-state index < -0.39 is 17.8 Å². The molecule has 0 radical (unpaired) electrons. The summed E-state index contributed by atoms with van der Waals surface area (Å²) in [5, 5.41) is 3.92. The van der Waals surface area contributed by atoms with E-state index in [2.05, 4.69) is 19.8 Å². The summed E-state index contributed by atoms with van der Waals surface area (Å²) < 4.78 is 9.36. The molecule has 0 spiro atoms. The Bertz CT molecular complexity index is 1020. The summed E-state index contributed by atoms with van der Waals surface area (Å²) in [6, 6.07) is 11.1. The number of nitrogens with one attached hydrogen (secondary N) is 2. The highest BCUT2D eigenvalue weighted by atomic mass is 35.5. The van der Waals surface area contributed by atoms with Gasteiger partial charge < -0.3 is 19.8 Å². The fourth-order valence-electron chi connectivity index (χ4n) is 2.61. The van der Waals surface area contributed by atoms with Crippen LogP contribution in [0.5, 0.6) is 0 Å². The number of methoxy groups -OCH3 is 2. The number of benzene rings is 2. The maximum Gasteiger partial charge on any atom is 0.337 e. The van der Waals surface area contributed by atoms with Crippen molar-refractivity contribution in [2.24, 2.45) is 0 Å². The highest BCUT2D eigenvalue weighted by molar-refractivity contribution is 6.35. The SMILES string of the molecule is COC(=O)c1cc(NC(=O)c2cc3cccc(Cl)c3[nH]2)cc(C(=O)OC)c1. The number of H-pyrrole nitrogens is 1. The zero-order valence-electron chi connectivity index (χ0n) is 14.5. The van der Waals surface area contributed by atoms with E-state index in [1.165, 1.54) is 32.4 Å². The topological polar surface area (TPSA) is 97.5 Å². The number of carbonyl (C=O) groups excluding carboxylic acids is 3. The van der Waals surface area contributed by atoms with Crippen molar-refractivity contribution in [3.8, 4) is 0 Å². The number of fused-ring (bicyclic) bond motifs is 1. The van der Waals surface area contributed by atoms with Crippen LogP contribution in [0.2, 0.25) is 5.02 Å². The number of hydrogen-bond donors (Lipinski definition) is 2. The van der Waals surface area contributed by atoms with Gasteiger partial charge in [-0.25, -0.2) is 9.59 Å². The molecule has 1 amide bonds. The van der Waals surface area contributed by atoms with Crippen LogP contribution < -0.4 is 5.32 Å². The first kappa shape index (κ1) is 18.5. The normalized spacial score (nSPS) is 10.5. The molecule has 0 bridgehead atoms. The van der Waals surface area contributed by atoms with Gasteiger partial charge in [-0.05, 0) is 30.3 Å². The molecule has 27 heavy (non-hydrogen) atoms. The average Bonchev–Trinajstić information content (AvgIpc) is 3.12. The van der Waals surface area contributed by atoms with Gasteiger partial charge in [-0.2, -0.15) is 0 Å². The lowest BCUT2D eigenvalue weighted by atomic mass is 10.1. The van der Waals surface area contributed by atoms with Crippen molar-refractivity contribution in [2.45, 2.75) is 0 Å². The Labute approximate surface area is 159 Å². The molecular formula is C19H15ClN2O5. The molecule has 0 atom stereocenters. The van der Waals surface area contributed by atoms with Crippen LogP contribution in [0.3, 0.4) is 0 Å². The van der Waals surface area contributed by atoms with E-state index in [4.69, 9.17) is 11.6 Å². The molecule has 0 unspecified atom stereocenters. The molecule has 138 valence electrons. The summed E-state index contributed by atoms with van der Waals surface area (Å²) in [6.07, 6.45) is 0. The molecule has 8 heteroatoms. The van der Waals surface area contributed by atoms with E-state index in [-0.39, 0.29) is 22.5 Å². The Morgan fingerprint density at radius 3 is 2.15 bits per heavy atom. The van der Waals surface area contributed by atoms with Crippen molar-refractivity contribution >= 4 is 46.0 Å². The first-order chi connectivity index (χ1) is 12.9. The number of para-hydroxylation sites is 1. The third kappa shape index (κ3) is 3.78. The fraction of sp³-hybridized carbons (Fsp3) is 0.105. The molecule has 2 aromatic carbocycles. The van der Waals surface area contributed by atoms with Crippen LogP contribution in [-0.2, 0) is 9.47 Å². The van der Waals surface area contributed by atoms with Crippen molar-refractivity contribution in [1.29, 1.82) is 0 Å². The van der Waals surface area contributed by atoms with Gasteiger partial charge >= 0.3 is 11.9 Å². The second-order valence-corrected chi connectivity index (χ2v) is 6.03. The molecule has 1 heterocycles. The van der Waals surface area contributed by atoms with Crippen LogP contribution in [0.4, 0.5) is 5.69 Å². The standard InChI is InChI=1S/C19H15ClN2O5/c1-26-18(24)11-6-12(19(25)27-2)8-13(7-11)21-17(23)15-9-10-4-3-5-14(20)16(10)22-15/h3-9,22H,1-2H3,(H,21,23). The van der Waals surface area contributed by atoms with Gasteiger partial charge in [-0.3, -0.25) is 4.79 Å². The summed E-state index contributed by atoms with van der Waals surface area (Å²) in [5.41, 5.74) is 1.38. The van der Waals surface area contributed by atoms with Crippen molar-refractivity contribution in [2.75, 3.05) is 19.5 Å². The van der Waals surface area contributed by atoms with Crippen LogP contribution in [0, 0.1) is 0 Å². The minimum absolute atomic E-state index is 0.107. The van der Waals surface area contributed by atoms with Gasteiger partial charge in [-0.15, -0.1) is 0 Å². The summed E-state index contributed by atoms with van der Waals surface area (Å²) in [4.78, 5) is 39.2. The highest BCUT2D eigenvalue weighted by Gasteiger charge is 2.16. The number of aromatic amines is 1. The van der Waals surface area contributed by atoms with Crippen LogP contribution in [-0.4, -0.2) is 37.0 Å². The number of esters is 2. The molecule has 0 saturated heterocycles. The lowest BCUT2D eigenvalue weighted by Crippen LogP contribution is -2.14. The predicted molar refractivity (Wildman–Crippen MR) is 100 cm³/mol. The lowest BCUT2D eigenvalue weighted by molar-refractivity contribution is 0.0599. The van der Waals surface area contributed by atoms with Gasteiger partial charge in [0.15, 0.2) is 0 Å². The van der Waals surface area contributed by atoms with Crippen molar-refractivity contribution in [3.05, 3.63) is 64.3 Å². The van der Waals surface area contributed by atoms with Crippen molar-refractivity contribution in [1.82, 2.24) is 4.98 Å². The minimum Gasteiger partial charge on any atom is -0.465 e. The lowest BCUT2D eigenvalue weighted by Gasteiger charge is -2.09. The van der Waals surface area contributed by atoms with Gasteiger partial charge in [0.25, 0.3) is 5.91 Å². The van der Waals surface area contributed by atoms with Crippen molar-refractivity contribution in [3.63, 3.8) is 0 Å². The summed E-state index contributed by atoms with van der Waals surface area (Å²) in [7, 11) is 2.44. The Morgan fingerprint density at radius 2 is 1.59 bits per heavy atom. The minimum atomic E-state index is -0.645. The number of carbonyl (C=O) groups is 3. The molecule has 0 fully saturated rings. The number of halogens is 1. The molecule has 7 nitrogen and oxygen atoms in total. The summed E-state index contributed by atoms with van der Waals surface area (Å²) >= 11 is 6.11. The molecule has 1 aromatic heterocycles. The van der Waals surface area contributed by atoms with E-state index in [9.17, 15) is 14.4 Å². The van der Waals surface area contributed by atoms with Crippen molar-refractivity contribution < 1.29 is 23.9 Å². The van der Waals surface area contributed by atoms with Gasteiger partial charge in [0.2, 0.25) is 0 Å². The monoisotopic (exact) mass is 386 g/mol. The van der Waals surface area contributed by atoms with E-state index in [0.29, 0.717) is 10.5 Å². The largest absolute Gasteiger partial charge is 0.465 e. The number of anilines is 1. The summed E-state index contributed by atoms with van der Waals surface area (Å²) in [5.74, 6) is -1.75. The maximum absolute atomic E-state index is 12.6. The maximum atomic E-state index is 12.6. The Balaban J connectivity index is 1.95. The zero-order valence-corrected chi connectivity index (χ0v) is 15.2. The molecule has 0 aliphatic rings. The van der Waals surface area contributed by atoms with E-state index >= 15 is 0 Å². The van der Waals surface area contributed by atoms with Gasteiger partial charge in [0.1, 0.15) is 5.69 Å². The second-order valence-electron chi connectivity index (χ2n) is 5.62.